The number of hydrogen-bond donors (Lipinski definition) is 6. The topological polar surface area (TPSA) is 182 Å². The second-order valence-corrected chi connectivity index (χ2v) is 7.31. The number of carbonyl (C=O) groups excluding carboxylic acids is 3. The molecular formula is C20H28N4O7. The summed E-state index contributed by atoms with van der Waals surface area (Å²) in [6, 6.07) is 3.99. The molecule has 2 rings (SSSR count). The number of nitrogens with zero attached hydrogens (tertiary/aromatic N) is 1. The van der Waals surface area contributed by atoms with Gasteiger partial charge in [0.15, 0.2) is 0 Å². The molecule has 0 aromatic heterocycles. The first kappa shape index (κ1) is 24.3. The highest BCUT2D eigenvalue weighted by molar-refractivity contribution is 5.94. The van der Waals surface area contributed by atoms with Gasteiger partial charge in [0, 0.05) is 13.0 Å². The number of likely N-dealkylation sites (tertiary alicyclic amines) is 1. The summed E-state index contributed by atoms with van der Waals surface area (Å²) in [6.45, 7) is -1.05. The van der Waals surface area contributed by atoms with E-state index in [0.29, 0.717) is 18.4 Å². The highest BCUT2D eigenvalue weighted by Crippen LogP contribution is 2.18. The largest absolute Gasteiger partial charge is 0.480 e. The summed E-state index contributed by atoms with van der Waals surface area (Å²) in [5, 5.41) is 32.8. The van der Waals surface area contributed by atoms with Crippen molar-refractivity contribution < 1.29 is 34.5 Å². The average Bonchev–Trinajstić information content (AvgIpc) is 3.26. The van der Waals surface area contributed by atoms with E-state index in [1.54, 1.807) is 30.3 Å². The molecule has 1 fully saturated rings. The van der Waals surface area contributed by atoms with Crippen LogP contribution in [0.5, 0.6) is 0 Å². The molecule has 4 unspecified atom stereocenters. The fourth-order valence-electron chi connectivity index (χ4n) is 3.38. The van der Waals surface area contributed by atoms with Crippen LogP contribution in [0.3, 0.4) is 0 Å². The molecule has 0 bridgehead atoms. The van der Waals surface area contributed by atoms with Gasteiger partial charge >= 0.3 is 5.97 Å². The summed E-state index contributed by atoms with van der Waals surface area (Å²) >= 11 is 0. The maximum atomic E-state index is 12.6. The van der Waals surface area contributed by atoms with Crippen LogP contribution in [0.1, 0.15) is 18.4 Å². The van der Waals surface area contributed by atoms with Crippen molar-refractivity contribution in [2.75, 3.05) is 19.8 Å². The number of nitrogens with one attached hydrogen (secondary N) is 2. The highest BCUT2D eigenvalue weighted by atomic mass is 16.4. The number of carboxylic acids is 1. The van der Waals surface area contributed by atoms with Crippen LogP contribution in [0, 0.1) is 0 Å². The summed E-state index contributed by atoms with van der Waals surface area (Å²) in [6.07, 6.45) is 0.898. The molecule has 0 aliphatic carbocycles. The molecule has 1 aliphatic rings. The van der Waals surface area contributed by atoms with E-state index in [4.69, 9.17) is 10.8 Å². The molecule has 7 N–H and O–H groups in total. The number of carboxylic acid groups (broad SMARTS) is 1. The molecule has 31 heavy (non-hydrogen) atoms. The van der Waals surface area contributed by atoms with Crippen LogP contribution in [0.15, 0.2) is 30.3 Å². The third kappa shape index (κ3) is 6.48. The van der Waals surface area contributed by atoms with Gasteiger partial charge in [0.25, 0.3) is 0 Å². The monoisotopic (exact) mass is 436 g/mol. The lowest BCUT2D eigenvalue weighted by molar-refractivity contribution is -0.143. The van der Waals surface area contributed by atoms with Crippen LogP contribution in [0.25, 0.3) is 0 Å². The first-order valence-corrected chi connectivity index (χ1v) is 9.93. The fraction of sp³-hybridized carbons (Fsp3) is 0.500. The van der Waals surface area contributed by atoms with E-state index in [1.807, 2.05) is 0 Å². The Morgan fingerprint density at radius 1 is 1.06 bits per heavy atom. The first-order chi connectivity index (χ1) is 14.8. The minimum absolute atomic E-state index is 0.0258. The van der Waals surface area contributed by atoms with Gasteiger partial charge in [0.05, 0.1) is 13.2 Å². The number of amides is 3. The van der Waals surface area contributed by atoms with Gasteiger partial charge in [-0.3, -0.25) is 14.4 Å². The number of rotatable bonds is 10. The molecule has 4 atom stereocenters. The van der Waals surface area contributed by atoms with E-state index in [9.17, 15) is 29.4 Å². The van der Waals surface area contributed by atoms with Crippen molar-refractivity contribution >= 4 is 23.7 Å². The molecule has 0 radical (unpaired) electrons. The number of aliphatic carboxylic acids is 1. The minimum atomic E-state index is -1.39. The van der Waals surface area contributed by atoms with Gasteiger partial charge in [0.1, 0.15) is 24.2 Å². The molecule has 0 saturated carbocycles. The molecular weight excluding hydrogens is 408 g/mol. The Hall–Kier alpha value is -3.02. The van der Waals surface area contributed by atoms with Crippen molar-refractivity contribution in [1.29, 1.82) is 0 Å². The van der Waals surface area contributed by atoms with E-state index in [2.05, 4.69) is 10.6 Å². The van der Waals surface area contributed by atoms with Crippen molar-refractivity contribution in [3.05, 3.63) is 35.9 Å². The highest BCUT2D eigenvalue weighted by Gasteiger charge is 2.37. The molecule has 0 spiro atoms. The maximum absolute atomic E-state index is 12.6. The molecule has 1 aliphatic heterocycles. The molecule has 11 heteroatoms. The van der Waals surface area contributed by atoms with Crippen LogP contribution in [-0.4, -0.2) is 87.8 Å². The Balaban J connectivity index is 2.01. The van der Waals surface area contributed by atoms with Gasteiger partial charge in [-0.2, -0.15) is 0 Å². The Morgan fingerprint density at radius 2 is 1.74 bits per heavy atom. The van der Waals surface area contributed by atoms with E-state index in [0.717, 1.165) is 0 Å². The molecule has 3 amide bonds. The van der Waals surface area contributed by atoms with Crippen molar-refractivity contribution in [2.45, 2.75) is 43.4 Å². The summed E-state index contributed by atoms with van der Waals surface area (Å²) in [4.78, 5) is 50.2. The third-order valence-corrected chi connectivity index (χ3v) is 5.07. The zero-order chi connectivity index (χ0) is 23.0. The van der Waals surface area contributed by atoms with Crippen LogP contribution in [0.2, 0.25) is 0 Å². The predicted octanol–water partition coefficient (Wildman–Crippen LogP) is -2.41. The summed E-state index contributed by atoms with van der Waals surface area (Å²) in [5.74, 6) is -3.37. The Labute approximate surface area is 179 Å². The van der Waals surface area contributed by atoms with Crippen molar-refractivity contribution in [2.24, 2.45) is 5.73 Å². The van der Waals surface area contributed by atoms with E-state index >= 15 is 0 Å². The number of carbonyl (C=O) groups is 4. The van der Waals surface area contributed by atoms with Gasteiger partial charge in [0.2, 0.25) is 17.7 Å². The third-order valence-electron chi connectivity index (χ3n) is 5.07. The van der Waals surface area contributed by atoms with Gasteiger partial charge in [-0.25, -0.2) is 4.79 Å². The van der Waals surface area contributed by atoms with Crippen molar-refractivity contribution in [3.8, 4) is 0 Å². The normalized spacial score (nSPS) is 18.7. The van der Waals surface area contributed by atoms with Crippen LogP contribution in [-0.2, 0) is 25.6 Å². The number of hydrogen-bond acceptors (Lipinski definition) is 7. The minimum Gasteiger partial charge on any atom is -0.480 e. The van der Waals surface area contributed by atoms with Gasteiger partial charge < -0.3 is 36.6 Å². The maximum Gasteiger partial charge on any atom is 0.326 e. The van der Waals surface area contributed by atoms with Crippen LogP contribution in [0.4, 0.5) is 0 Å². The summed E-state index contributed by atoms with van der Waals surface area (Å²) in [7, 11) is 0. The average molecular weight is 436 g/mol. The molecule has 170 valence electrons. The number of aliphatic hydroxyl groups excluding tert-OH is 2. The number of benzene rings is 1. The van der Waals surface area contributed by atoms with Crippen LogP contribution >= 0.6 is 0 Å². The molecule has 1 saturated heterocycles. The lowest BCUT2D eigenvalue weighted by Gasteiger charge is -2.27. The Morgan fingerprint density at radius 3 is 2.32 bits per heavy atom. The lowest BCUT2D eigenvalue weighted by atomic mass is 10.1. The molecule has 1 aromatic rings. The van der Waals surface area contributed by atoms with Gasteiger partial charge in [-0.15, -0.1) is 0 Å². The zero-order valence-electron chi connectivity index (χ0n) is 16.9. The van der Waals surface area contributed by atoms with E-state index in [1.165, 1.54) is 4.90 Å². The smallest absolute Gasteiger partial charge is 0.326 e. The SMILES string of the molecule is NC(CO)C(=O)N1CCCC1C(=O)NC(CO)C(=O)NC(Cc1ccccc1)C(=O)O. The second kappa shape index (κ2) is 11.4. The summed E-state index contributed by atoms with van der Waals surface area (Å²) in [5.41, 5.74) is 6.24. The van der Waals surface area contributed by atoms with Crippen molar-refractivity contribution in [3.63, 3.8) is 0 Å². The number of nitrogens with two attached hydrogens (primary N) is 1. The molecule has 1 aromatic carbocycles. The Kier molecular flexibility index (Phi) is 8.91. The zero-order valence-corrected chi connectivity index (χ0v) is 16.9. The fourth-order valence-corrected chi connectivity index (χ4v) is 3.38. The second-order valence-electron chi connectivity index (χ2n) is 7.31. The first-order valence-electron chi connectivity index (χ1n) is 9.93. The molecule has 11 nitrogen and oxygen atoms in total. The summed E-state index contributed by atoms with van der Waals surface area (Å²) < 4.78 is 0. The predicted molar refractivity (Wildman–Crippen MR) is 109 cm³/mol. The van der Waals surface area contributed by atoms with E-state index < -0.39 is 61.1 Å². The van der Waals surface area contributed by atoms with Crippen molar-refractivity contribution in [1.82, 2.24) is 15.5 Å². The van der Waals surface area contributed by atoms with E-state index in [-0.39, 0.29) is 13.0 Å². The Bertz CT molecular complexity index is 789. The quantitative estimate of drug-likeness (QED) is 0.234. The standard InChI is InChI=1S/C20H28N4O7/c21-13(10-25)19(29)24-8-4-7-16(24)18(28)23-15(11-26)17(27)22-14(20(30)31)9-12-5-2-1-3-6-12/h1-3,5-6,13-16,25-26H,4,7-11,21H2,(H,22,27)(H,23,28)(H,30,31). The van der Waals surface area contributed by atoms with Crippen LogP contribution < -0.4 is 16.4 Å². The number of aliphatic hydroxyl groups is 2. The van der Waals surface area contributed by atoms with Gasteiger partial charge in [-0.1, -0.05) is 30.3 Å². The van der Waals surface area contributed by atoms with Gasteiger partial charge in [-0.05, 0) is 18.4 Å². The molecule has 1 heterocycles. The lowest BCUT2D eigenvalue weighted by Crippen LogP contribution is -2.58.